The molecule has 1 aliphatic carbocycles. The van der Waals surface area contributed by atoms with Crippen LogP contribution in [-0.2, 0) is 9.84 Å². The van der Waals surface area contributed by atoms with E-state index in [1.807, 2.05) is 7.05 Å². The first kappa shape index (κ1) is 9.00. The molecule has 1 aliphatic rings. The third-order valence-electron chi connectivity index (χ3n) is 2.31. The predicted molar refractivity (Wildman–Crippen MR) is 45.3 cm³/mol. The van der Waals surface area contributed by atoms with Gasteiger partial charge in [-0.15, -0.1) is 0 Å². The molecule has 66 valence electrons. The molecule has 0 aliphatic heterocycles. The number of hydrogen-bond donors (Lipinski definition) is 1. The Balaban J connectivity index is 2.40. The van der Waals surface area contributed by atoms with Crippen LogP contribution in [0.4, 0.5) is 0 Å². The molecule has 4 heteroatoms. The van der Waals surface area contributed by atoms with Gasteiger partial charge in [-0.3, -0.25) is 0 Å². The maximum absolute atomic E-state index is 10.9. The summed E-state index contributed by atoms with van der Waals surface area (Å²) in [6.45, 7) is 0. The van der Waals surface area contributed by atoms with Crippen LogP contribution in [0, 0.1) is 5.92 Å². The minimum Gasteiger partial charge on any atom is -0.317 e. The van der Waals surface area contributed by atoms with Crippen molar-refractivity contribution in [2.75, 3.05) is 19.1 Å². The lowest BCUT2D eigenvalue weighted by atomic mass is 9.81. The average molecular weight is 177 g/mol. The van der Waals surface area contributed by atoms with E-state index >= 15 is 0 Å². The van der Waals surface area contributed by atoms with Crippen LogP contribution in [0.5, 0.6) is 0 Å². The highest BCUT2D eigenvalue weighted by atomic mass is 32.2. The maximum atomic E-state index is 10.9. The first-order valence-corrected chi connectivity index (χ1v) is 5.94. The lowest BCUT2D eigenvalue weighted by molar-refractivity contribution is 0.245. The van der Waals surface area contributed by atoms with Gasteiger partial charge < -0.3 is 5.32 Å². The van der Waals surface area contributed by atoms with E-state index in [0.717, 1.165) is 12.8 Å². The van der Waals surface area contributed by atoms with Crippen molar-refractivity contribution in [1.82, 2.24) is 5.32 Å². The first-order valence-electron chi connectivity index (χ1n) is 3.88. The fraction of sp³-hybridized carbons (Fsp3) is 1.00. The first-order chi connectivity index (χ1) is 5.03. The van der Waals surface area contributed by atoms with Crippen molar-refractivity contribution < 1.29 is 8.42 Å². The molecule has 0 radical (unpaired) electrons. The molecule has 3 nitrogen and oxygen atoms in total. The molecule has 1 rings (SSSR count). The fourth-order valence-corrected chi connectivity index (χ4v) is 2.71. The minimum absolute atomic E-state index is 0.346. The molecule has 11 heavy (non-hydrogen) atoms. The molecular formula is C7H15NO2S. The van der Waals surface area contributed by atoms with Crippen LogP contribution in [0.15, 0.2) is 0 Å². The zero-order valence-corrected chi connectivity index (χ0v) is 7.82. The van der Waals surface area contributed by atoms with Gasteiger partial charge in [0.15, 0.2) is 0 Å². The topological polar surface area (TPSA) is 46.2 Å². The second kappa shape index (κ2) is 3.11. The monoisotopic (exact) mass is 177 g/mol. The molecule has 0 aromatic heterocycles. The molecule has 0 unspecified atom stereocenters. The van der Waals surface area contributed by atoms with Crippen LogP contribution in [0.2, 0.25) is 0 Å². The van der Waals surface area contributed by atoms with Crippen molar-refractivity contribution in [3.8, 4) is 0 Å². The zero-order chi connectivity index (χ0) is 8.48. The quantitative estimate of drug-likeness (QED) is 0.661. The summed E-state index contributed by atoms with van der Waals surface area (Å²) in [5, 5.41) is 3.11. The van der Waals surface area contributed by atoms with Crippen molar-refractivity contribution >= 4 is 9.84 Å². The Hall–Kier alpha value is -0.0900. The Bertz CT molecular complexity index is 221. The molecule has 0 heterocycles. The summed E-state index contributed by atoms with van der Waals surface area (Å²) in [7, 11) is -0.879. The maximum Gasteiger partial charge on any atom is 0.147 e. The van der Waals surface area contributed by atoms with Gasteiger partial charge in [-0.25, -0.2) is 8.42 Å². The van der Waals surface area contributed by atoms with E-state index in [1.54, 1.807) is 0 Å². The van der Waals surface area contributed by atoms with Crippen LogP contribution >= 0.6 is 0 Å². The van der Waals surface area contributed by atoms with Gasteiger partial charge in [0, 0.05) is 12.3 Å². The third kappa shape index (κ3) is 2.45. The number of nitrogens with one attached hydrogen (secondary N) is 1. The van der Waals surface area contributed by atoms with Gasteiger partial charge in [0.2, 0.25) is 0 Å². The van der Waals surface area contributed by atoms with E-state index in [1.165, 1.54) is 6.26 Å². The van der Waals surface area contributed by atoms with Crippen molar-refractivity contribution in [3.63, 3.8) is 0 Å². The summed E-state index contributed by atoms with van der Waals surface area (Å²) in [5.74, 6) is 0.702. The highest BCUT2D eigenvalue weighted by molar-refractivity contribution is 7.90. The van der Waals surface area contributed by atoms with Gasteiger partial charge in [-0.1, -0.05) is 0 Å². The van der Waals surface area contributed by atoms with E-state index in [4.69, 9.17) is 0 Å². The zero-order valence-electron chi connectivity index (χ0n) is 7.00. The van der Waals surface area contributed by atoms with Crippen LogP contribution in [-0.4, -0.2) is 33.5 Å². The van der Waals surface area contributed by atoms with Gasteiger partial charge in [-0.2, -0.15) is 0 Å². The van der Waals surface area contributed by atoms with Gasteiger partial charge in [0.05, 0.1) is 5.75 Å². The molecule has 0 bridgehead atoms. The highest BCUT2D eigenvalue weighted by Gasteiger charge is 2.31. The van der Waals surface area contributed by atoms with Gasteiger partial charge in [0.1, 0.15) is 9.84 Å². The second-order valence-corrected chi connectivity index (χ2v) is 5.51. The molecule has 0 amide bonds. The Morgan fingerprint density at radius 3 is 2.36 bits per heavy atom. The van der Waals surface area contributed by atoms with E-state index in [0.29, 0.717) is 17.7 Å². The number of rotatable bonds is 3. The van der Waals surface area contributed by atoms with Crippen LogP contribution < -0.4 is 5.32 Å². The normalized spacial score (nSPS) is 31.5. The van der Waals surface area contributed by atoms with Gasteiger partial charge in [0.25, 0.3) is 0 Å². The Kier molecular flexibility index (Phi) is 2.54. The molecule has 0 saturated heterocycles. The van der Waals surface area contributed by atoms with Crippen LogP contribution in [0.25, 0.3) is 0 Å². The minimum atomic E-state index is -2.77. The Labute approximate surface area is 68.1 Å². The standard InChI is InChI=1S/C7H15NO2S/c1-8-7-4-3-6(7)5-11(2,9)10/h6-8H,3-5H2,1-2H3/t6-,7+/m1/s1. The largest absolute Gasteiger partial charge is 0.317 e. The summed E-state index contributed by atoms with van der Waals surface area (Å²) < 4.78 is 21.7. The predicted octanol–water partition coefficient (Wildman–Crippen LogP) is 0.0290. The van der Waals surface area contributed by atoms with Gasteiger partial charge >= 0.3 is 0 Å². The van der Waals surface area contributed by atoms with E-state index in [2.05, 4.69) is 5.32 Å². The molecule has 1 N–H and O–H groups in total. The summed E-state index contributed by atoms with van der Waals surface area (Å²) in [4.78, 5) is 0. The molecule has 0 aromatic carbocycles. The lowest BCUT2D eigenvalue weighted by Crippen LogP contribution is -2.45. The van der Waals surface area contributed by atoms with E-state index in [9.17, 15) is 8.42 Å². The number of sulfone groups is 1. The smallest absolute Gasteiger partial charge is 0.147 e. The van der Waals surface area contributed by atoms with Crippen molar-refractivity contribution in [2.45, 2.75) is 18.9 Å². The fourth-order valence-electron chi connectivity index (χ4n) is 1.54. The van der Waals surface area contributed by atoms with Crippen LogP contribution in [0.1, 0.15) is 12.8 Å². The van der Waals surface area contributed by atoms with Crippen molar-refractivity contribution in [3.05, 3.63) is 0 Å². The molecule has 1 fully saturated rings. The lowest BCUT2D eigenvalue weighted by Gasteiger charge is -2.35. The van der Waals surface area contributed by atoms with E-state index < -0.39 is 9.84 Å². The van der Waals surface area contributed by atoms with Crippen molar-refractivity contribution in [2.24, 2.45) is 5.92 Å². The highest BCUT2D eigenvalue weighted by Crippen LogP contribution is 2.27. The van der Waals surface area contributed by atoms with E-state index in [-0.39, 0.29) is 0 Å². The average Bonchev–Trinajstić information content (AvgIpc) is 1.80. The summed E-state index contributed by atoms with van der Waals surface area (Å²) in [6, 6.07) is 0.435. The number of hydrogen-bond acceptors (Lipinski definition) is 3. The summed E-state index contributed by atoms with van der Waals surface area (Å²) >= 11 is 0. The molecule has 2 atom stereocenters. The Morgan fingerprint density at radius 1 is 1.45 bits per heavy atom. The molecule has 0 aromatic rings. The van der Waals surface area contributed by atoms with Crippen LogP contribution in [0.3, 0.4) is 0 Å². The Morgan fingerprint density at radius 2 is 2.09 bits per heavy atom. The molecule has 1 saturated carbocycles. The third-order valence-corrected chi connectivity index (χ3v) is 3.34. The summed E-state index contributed by atoms with van der Waals surface area (Å²) in [6.07, 6.45) is 3.48. The molecule has 0 spiro atoms. The molecular weight excluding hydrogens is 162 g/mol. The van der Waals surface area contributed by atoms with Gasteiger partial charge in [-0.05, 0) is 25.8 Å². The SMILES string of the molecule is CN[C@H]1CC[C@@H]1CS(C)(=O)=O. The van der Waals surface area contributed by atoms with Crippen molar-refractivity contribution in [1.29, 1.82) is 0 Å². The summed E-state index contributed by atoms with van der Waals surface area (Å²) in [5.41, 5.74) is 0. The second-order valence-electron chi connectivity index (χ2n) is 3.33.